The molecule has 2 aliphatic rings. The highest BCUT2D eigenvalue weighted by atomic mass is 16.6. The number of carbonyl (C=O) groups is 5. The van der Waals surface area contributed by atoms with Crippen LogP contribution in [0.3, 0.4) is 0 Å². The van der Waals surface area contributed by atoms with Gasteiger partial charge in [-0.25, -0.2) is 4.79 Å². The van der Waals surface area contributed by atoms with E-state index >= 15 is 0 Å². The first-order chi connectivity index (χ1) is 15.9. The van der Waals surface area contributed by atoms with Gasteiger partial charge in [-0.3, -0.25) is 24.5 Å². The summed E-state index contributed by atoms with van der Waals surface area (Å²) in [5.74, 6) is -1.54. The van der Waals surface area contributed by atoms with E-state index in [-0.39, 0.29) is 43.1 Å². The molecule has 2 aliphatic heterocycles. The molecule has 1 aromatic rings. The van der Waals surface area contributed by atoms with E-state index in [0.29, 0.717) is 12.0 Å². The number of hydrogen-bond donors (Lipinski definition) is 3. The van der Waals surface area contributed by atoms with Crippen molar-refractivity contribution in [2.24, 2.45) is 5.92 Å². The molecule has 10 heteroatoms. The third-order valence-electron chi connectivity index (χ3n) is 5.68. The minimum Gasteiger partial charge on any atom is -0.444 e. The fraction of sp³-hybridized carbons (Fsp3) is 0.542. The van der Waals surface area contributed by atoms with Crippen LogP contribution in [-0.4, -0.2) is 52.3 Å². The summed E-state index contributed by atoms with van der Waals surface area (Å²) < 4.78 is 5.25. The first-order valence-corrected chi connectivity index (χ1v) is 11.4. The van der Waals surface area contributed by atoms with Crippen LogP contribution in [0.2, 0.25) is 0 Å². The molecule has 1 aromatic carbocycles. The number of fused-ring (bicyclic) bond motifs is 1. The number of rotatable bonds is 6. The van der Waals surface area contributed by atoms with Crippen LogP contribution < -0.4 is 16.0 Å². The molecule has 2 unspecified atom stereocenters. The molecular weight excluding hydrogens is 440 g/mol. The summed E-state index contributed by atoms with van der Waals surface area (Å²) in [7, 11) is 0. The standard InChI is InChI=1S/C24H32N4O6/c1-13(2)19(27-23(33)34-24(3,4)5)21(31)25-11-14-6-7-16-15(10-14)12-28(22(16)32)17-8-9-18(29)26-20(17)30/h6-7,10,13,17,19H,8-9,11-12H2,1-5H3,(H,25,31)(H,27,33)(H,26,29,30). The van der Waals surface area contributed by atoms with Gasteiger partial charge in [-0.1, -0.05) is 26.0 Å². The van der Waals surface area contributed by atoms with Gasteiger partial charge in [-0.15, -0.1) is 0 Å². The van der Waals surface area contributed by atoms with Gasteiger partial charge in [0.1, 0.15) is 17.7 Å². The average molecular weight is 473 g/mol. The van der Waals surface area contributed by atoms with Crippen molar-refractivity contribution in [1.29, 1.82) is 0 Å². The highest BCUT2D eigenvalue weighted by Crippen LogP contribution is 2.28. The first-order valence-electron chi connectivity index (χ1n) is 11.4. The number of alkyl carbamates (subject to hydrolysis) is 1. The summed E-state index contributed by atoms with van der Waals surface area (Å²) >= 11 is 0. The predicted octanol–water partition coefficient (Wildman–Crippen LogP) is 1.61. The number of piperidine rings is 1. The summed E-state index contributed by atoms with van der Waals surface area (Å²) in [6.45, 7) is 9.36. The van der Waals surface area contributed by atoms with Crippen LogP contribution >= 0.6 is 0 Å². The third-order valence-corrected chi connectivity index (χ3v) is 5.68. The molecule has 34 heavy (non-hydrogen) atoms. The Morgan fingerprint density at radius 1 is 1.21 bits per heavy atom. The largest absolute Gasteiger partial charge is 0.444 e. The number of nitrogens with zero attached hydrogens (tertiary/aromatic N) is 1. The lowest BCUT2D eigenvalue weighted by atomic mass is 10.0. The van der Waals surface area contributed by atoms with E-state index in [0.717, 1.165) is 11.1 Å². The van der Waals surface area contributed by atoms with Crippen molar-refractivity contribution in [3.63, 3.8) is 0 Å². The van der Waals surface area contributed by atoms with Crippen molar-refractivity contribution in [3.05, 3.63) is 34.9 Å². The van der Waals surface area contributed by atoms with Gasteiger partial charge in [0.25, 0.3) is 5.91 Å². The lowest BCUT2D eigenvalue weighted by Crippen LogP contribution is -2.52. The lowest BCUT2D eigenvalue weighted by molar-refractivity contribution is -0.137. The van der Waals surface area contributed by atoms with Crippen molar-refractivity contribution >= 4 is 29.7 Å². The van der Waals surface area contributed by atoms with Crippen molar-refractivity contribution < 1.29 is 28.7 Å². The van der Waals surface area contributed by atoms with Crippen LogP contribution in [-0.2, 0) is 32.2 Å². The normalized spacial score (nSPS) is 18.9. The molecule has 1 fully saturated rings. The predicted molar refractivity (Wildman–Crippen MR) is 122 cm³/mol. The van der Waals surface area contributed by atoms with Gasteiger partial charge >= 0.3 is 6.09 Å². The fourth-order valence-electron chi connectivity index (χ4n) is 4.01. The SMILES string of the molecule is CC(C)C(NC(=O)OC(C)(C)C)C(=O)NCc1ccc2c(c1)CN(C1CCC(=O)NC1=O)C2=O. The Balaban J connectivity index is 1.62. The van der Waals surface area contributed by atoms with Crippen LogP contribution in [0.4, 0.5) is 4.79 Å². The summed E-state index contributed by atoms with van der Waals surface area (Å²) in [6.07, 6.45) is -0.164. The maximum absolute atomic E-state index is 12.8. The number of nitrogens with one attached hydrogen (secondary N) is 3. The molecule has 0 aliphatic carbocycles. The van der Waals surface area contributed by atoms with E-state index < -0.39 is 29.7 Å². The molecule has 0 bridgehead atoms. The van der Waals surface area contributed by atoms with E-state index in [4.69, 9.17) is 4.74 Å². The number of hydrogen-bond acceptors (Lipinski definition) is 6. The number of carbonyl (C=O) groups excluding carboxylic acids is 5. The van der Waals surface area contributed by atoms with Gasteiger partial charge < -0.3 is 20.3 Å². The van der Waals surface area contributed by atoms with Gasteiger partial charge in [0.15, 0.2) is 0 Å². The Labute approximate surface area is 198 Å². The molecule has 3 N–H and O–H groups in total. The Bertz CT molecular complexity index is 1010. The number of benzene rings is 1. The Morgan fingerprint density at radius 2 is 1.91 bits per heavy atom. The van der Waals surface area contributed by atoms with Crippen molar-refractivity contribution in [2.75, 3.05) is 0 Å². The minimum absolute atomic E-state index is 0.160. The van der Waals surface area contributed by atoms with Gasteiger partial charge in [-0.05, 0) is 50.3 Å². The molecule has 184 valence electrons. The van der Waals surface area contributed by atoms with Crippen LogP contribution in [0, 0.1) is 5.92 Å². The van der Waals surface area contributed by atoms with Crippen molar-refractivity contribution in [3.8, 4) is 0 Å². The molecule has 2 heterocycles. The quantitative estimate of drug-likeness (QED) is 0.539. The van der Waals surface area contributed by atoms with Crippen LogP contribution in [0.5, 0.6) is 0 Å². The second-order valence-electron chi connectivity index (χ2n) is 9.98. The van der Waals surface area contributed by atoms with Gasteiger partial charge in [0.2, 0.25) is 17.7 Å². The summed E-state index contributed by atoms with van der Waals surface area (Å²) in [4.78, 5) is 62.8. The van der Waals surface area contributed by atoms with Crippen LogP contribution in [0.25, 0.3) is 0 Å². The van der Waals surface area contributed by atoms with E-state index in [1.54, 1.807) is 32.9 Å². The lowest BCUT2D eigenvalue weighted by Gasteiger charge is -2.29. The van der Waals surface area contributed by atoms with Gasteiger partial charge in [0, 0.05) is 25.1 Å². The topological polar surface area (TPSA) is 134 Å². The first kappa shape index (κ1) is 25.2. The minimum atomic E-state index is -0.770. The Kier molecular flexibility index (Phi) is 7.28. The monoisotopic (exact) mass is 472 g/mol. The van der Waals surface area contributed by atoms with E-state index in [1.807, 2.05) is 19.9 Å². The summed E-state index contributed by atoms with van der Waals surface area (Å²) in [5, 5.41) is 7.73. The van der Waals surface area contributed by atoms with E-state index in [2.05, 4.69) is 16.0 Å². The molecular formula is C24H32N4O6. The third kappa shape index (κ3) is 5.92. The molecule has 0 spiro atoms. The highest BCUT2D eigenvalue weighted by molar-refractivity contribution is 6.05. The number of ether oxygens (including phenoxy) is 1. The summed E-state index contributed by atoms with van der Waals surface area (Å²) in [6, 6.07) is 3.81. The Hall–Kier alpha value is -3.43. The second kappa shape index (κ2) is 9.82. The van der Waals surface area contributed by atoms with Crippen LogP contribution in [0.15, 0.2) is 18.2 Å². The van der Waals surface area contributed by atoms with Crippen molar-refractivity contribution in [1.82, 2.24) is 20.9 Å². The summed E-state index contributed by atoms with van der Waals surface area (Å²) in [5.41, 5.74) is 1.37. The number of imide groups is 1. The van der Waals surface area contributed by atoms with Gasteiger partial charge in [0.05, 0.1) is 0 Å². The van der Waals surface area contributed by atoms with E-state index in [9.17, 15) is 24.0 Å². The molecule has 3 rings (SSSR count). The molecule has 0 aromatic heterocycles. The van der Waals surface area contributed by atoms with E-state index in [1.165, 1.54) is 4.90 Å². The Morgan fingerprint density at radius 3 is 2.53 bits per heavy atom. The molecule has 2 atom stereocenters. The molecule has 10 nitrogen and oxygen atoms in total. The zero-order valence-electron chi connectivity index (χ0n) is 20.2. The smallest absolute Gasteiger partial charge is 0.408 e. The van der Waals surface area contributed by atoms with Crippen molar-refractivity contribution in [2.45, 2.75) is 78.2 Å². The molecule has 0 saturated carbocycles. The molecule has 1 saturated heterocycles. The fourth-order valence-corrected chi connectivity index (χ4v) is 4.01. The van der Waals surface area contributed by atoms with Gasteiger partial charge in [-0.2, -0.15) is 0 Å². The maximum atomic E-state index is 12.8. The van der Waals surface area contributed by atoms with Crippen LogP contribution in [0.1, 0.15) is 68.9 Å². The second-order valence-corrected chi connectivity index (χ2v) is 9.98. The molecule has 5 amide bonds. The zero-order valence-corrected chi connectivity index (χ0v) is 20.2. The molecule has 0 radical (unpaired) electrons. The average Bonchev–Trinajstić information content (AvgIpc) is 3.04. The zero-order chi connectivity index (χ0) is 25.2. The highest BCUT2D eigenvalue weighted by Gasteiger charge is 2.39. The number of amides is 5. The maximum Gasteiger partial charge on any atom is 0.408 e.